The van der Waals surface area contributed by atoms with E-state index >= 15 is 0 Å². The number of alkyl halides is 2. The average molecular weight is 370 g/mol. The van der Waals surface area contributed by atoms with Gasteiger partial charge in [-0.15, -0.1) is 0 Å². The summed E-state index contributed by atoms with van der Waals surface area (Å²) in [6.45, 7) is 6.78. The maximum atomic E-state index is 14.9. The van der Waals surface area contributed by atoms with Crippen molar-refractivity contribution in [1.82, 2.24) is 4.90 Å². The highest BCUT2D eigenvalue weighted by molar-refractivity contribution is 5.71. The lowest BCUT2D eigenvalue weighted by atomic mass is 9.65. The molecule has 1 atom stereocenters. The van der Waals surface area contributed by atoms with Gasteiger partial charge in [0.25, 0.3) is 0 Å². The van der Waals surface area contributed by atoms with Gasteiger partial charge < -0.3 is 19.5 Å². The highest BCUT2D eigenvalue weighted by atomic mass is 19.3. The van der Waals surface area contributed by atoms with Gasteiger partial charge >= 0.3 is 5.92 Å². The van der Waals surface area contributed by atoms with Gasteiger partial charge in [0.2, 0.25) is 0 Å². The zero-order chi connectivity index (χ0) is 19.5. The lowest BCUT2D eigenvalue weighted by molar-refractivity contribution is -0.235. The van der Waals surface area contributed by atoms with Crippen molar-refractivity contribution in [2.24, 2.45) is 4.99 Å². The number of ether oxygens (including phenoxy) is 2. The largest absolute Gasteiger partial charge is 0.496 e. The van der Waals surface area contributed by atoms with Crippen LogP contribution in [-0.2, 0) is 16.3 Å². The van der Waals surface area contributed by atoms with E-state index in [0.717, 1.165) is 13.0 Å². The van der Waals surface area contributed by atoms with E-state index in [4.69, 9.17) is 9.47 Å². The Kier molecular flexibility index (Phi) is 6.24. The number of halogens is 2. The minimum atomic E-state index is -3.38. The second-order valence-electron chi connectivity index (χ2n) is 6.59. The van der Waals surface area contributed by atoms with Crippen molar-refractivity contribution < 1.29 is 23.4 Å². The molecule has 0 aliphatic heterocycles. The second kappa shape index (κ2) is 7.88. The van der Waals surface area contributed by atoms with E-state index in [9.17, 15) is 13.9 Å². The molecule has 5 nitrogen and oxygen atoms in total. The molecule has 0 saturated heterocycles. The number of benzene rings is 1. The molecule has 0 fully saturated rings. The first-order valence-electron chi connectivity index (χ1n) is 8.89. The Labute approximate surface area is 153 Å². The fourth-order valence-electron chi connectivity index (χ4n) is 3.13. The smallest absolute Gasteiger partial charge is 0.306 e. The average Bonchev–Trinajstić information content (AvgIpc) is 2.62. The molecule has 1 aromatic carbocycles. The van der Waals surface area contributed by atoms with Crippen LogP contribution in [0.5, 0.6) is 5.75 Å². The molecule has 1 unspecified atom stereocenters. The molecule has 1 N–H and O–H groups in total. The third-order valence-electron chi connectivity index (χ3n) is 4.84. The van der Waals surface area contributed by atoms with Crippen LogP contribution < -0.4 is 4.74 Å². The topological polar surface area (TPSA) is 54.3 Å². The molecule has 0 saturated carbocycles. The first-order chi connectivity index (χ1) is 12.2. The van der Waals surface area contributed by atoms with Crippen LogP contribution in [0, 0.1) is 6.92 Å². The van der Waals surface area contributed by atoms with Crippen molar-refractivity contribution in [2.45, 2.75) is 45.1 Å². The fourth-order valence-corrected chi connectivity index (χ4v) is 3.13. The molecule has 1 aliphatic carbocycles. The minimum Gasteiger partial charge on any atom is -0.496 e. The molecule has 0 amide bonds. The van der Waals surface area contributed by atoms with Crippen LogP contribution in [0.2, 0.25) is 0 Å². The Hall–Kier alpha value is -1.73. The van der Waals surface area contributed by atoms with Crippen LogP contribution in [0.4, 0.5) is 14.5 Å². The van der Waals surface area contributed by atoms with E-state index in [2.05, 4.69) is 4.99 Å². The van der Waals surface area contributed by atoms with Crippen molar-refractivity contribution in [3.05, 3.63) is 22.8 Å². The number of nitrogens with zero attached hydrogens (tertiary/aromatic N) is 2. The van der Waals surface area contributed by atoms with Gasteiger partial charge in [-0.2, -0.15) is 8.78 Å². The molecule has 26 heavy (non-hydrogen) atoms. The van der Waals surface area contributed by atoms with Gasteiger partial charge in [0, 0.05) is 50.4 Å². The second-order valence-corrected chi connectivity index (χ2v) is 6.59. The highest BCUT2D eigenvalue weighted by Crippen LogP contribution is 2.63. The molecule has 0 radical (unpaired) electrons. The van der Waals surface area contributed by atoms with E-state index in [0.29, 0.717) is 17.9 Å². The van der Waals surface area contributed by atoms with Crippen LogP contribution in [0.1, 0.15) is 43.4 Å². The summed E-state index contributed by atoms with van der Waals surface area (Å²) in [5.74, 6) is -3.15. The number of hydrogen-bond donors (Lipinski definition) is 1. The van der Waals surface area contributed by atoms with Crippen LogP contribution in [-0.4, -0.2) is 50.3 Å². The highest BCUT2D eigenvalue weighted by Gasteiger charge is 2.67. The molecule has 0 heterocycles. The Morgan fingerprint density at radius 1 is 1.27 bits per heavy atom. The predicted molar refractivity (Wildman–Crippen MR) is 97.7 cm³/mol. The first kappa shape index (κ1) is 20.6. The summed E-state index contributed by atoms with van der Waals surface area (Å²) in [4.78, 5) is 6.14. The standard InChI is InChI=1S/C19H28F2N2O3/c1-6-9-26-10-8-18(24)17-15(25-5)11-14(22-12-23(4)7-2)13(3)16(17)19(18,20)21/h11-12,24H,6-10H2,1-5H3. The van der Waals surface area contributed by atoms with Crippen LogP contribution >= 0.6 is 0 Å². The van der Waals surface area contributed by atoms with Gasteiger partial charge in [0.05, 0.1) is 19.1 Å². The first-order valence-corrected chi connectivity index (χ1v) is 8.89. The van der Waals surface area contributed by atoms with Crippen LogP contribution in [0.25, 0.3) is 0 Å². The zero-order valence-electron chi connectivity index (χ0n) is 16.1. The molecule has 146 valence electrons. The van der Waals surface area contributed by atoms with E-state index in [1.165, 1.54) is 7.11 Å². The molecule has 7 heteroatoms. The Balaban J connectivity index is 2.43. The van der Waals surface area contributed by atoms with E-state index < -0.39 is 11.5 Å². The summed E-state index contributed by atoms with van der Waals surface area (Å²) in [6.07, 6.45) is 2.20. The maximum absolute atomic E-state index is 14.9. The predicted octanol–water partition coefficient (Wildman–Crippen LogP) is 3.72. The van der Waals surface area contributed by atoms with Crippen molar-refractivity contribution in [3.8, 4) is 5.75 Å². The summed E-state index contributed by atoms with van der Waals surface area (Å²) < 4.78 is 40.4. The summed E-state index contributed by atoms with van der Waals surface area (Å²) in [7, 11) is 3.25. The Morgan fingerprint density at radius 2 is 1.96 bits per heavy atom. The molecule has 1 aliphatic rings. The third kappa shape index (κ3) is 3.30. The third-order valence-corrected chi connectivity index (χ3v) is 4.84. The van der Waals surface area contributed by atoms with E-state index in [1.54, 1.807) is 19.3 Å². The number of methoxy groups -OCH3 is 1. The molecule has 2 rings (SSSR count). The summed E-state index contributed by atoms with van der Waals surface area (Å²) >= 11 is 0. The number of fused-ring (bicyclic) bond motifs is 1. The van der Waals surface area contributed by atoms with Crippen molar-refractivity contribution in [2.75, 3.05) is 33.9 Å². The molecule has 0 aromatic heterocycles. The van der Waals surface area contributed by atoms with Gasteiger partial charge in [-0.05, 0) is 25.8 Å². The molecule has 0 spiro atoms. The molecular formula is C19H28F2N2O3. The number of hydrogen-bond acceptors (Lipinski definition) is 4. The molecular weight excluding hydrogens is 342 g/mol. The van der Waals surface area contributed by atoms with Gasteiger partial charge in [-0.25, -0.2) is 4.99 Å². The number of rotatable bonds is 9. The summed E-state index contributed by atoms with van der Waals surface area (Å²) in [6, 6.07) is 1.60. The van der Waals surface area contributed by atoms with Gasteiger partial charge in [0.1, 0.15) is 5.75 Å². The summed E-state index contributed by atoms with van der Waals surface area (Å²) in [5.41, 5.74) is -1.57. The van der Waals surface area contributed by atoms with Crippen LogP contribution in [0.15, 0.2) is 11.1 Å². The SMILES string of the molecule is CCCOCCC1(O)c2c(OC)cc(N=CN(C)CC)c(C)c2C1(F)F. The minimum absolute atomic E-state index is 0.0583. The van der Waals surface area contributed by atoms with E-state index in [-0.39, 0.29) is 29.9 Å². The van der Waals surface area contributed by atoms with Crippen molar-refractivity contribution >= 4 is 12.0 Å². The zero-order valence-corrected chi connectivity index (χ0v) is 16.1. The summed E-state index contributed by atoms with van der Waals surface area (Å²) in [5, 5.41) is 10.7. The Bertz CT molecular complexity index is 679. The monoisotopic (exact) mass is 370 g/mol. The van der Waals surface area contributed by atoms with Gasteiger partial charge in [0.15, 0.2) is 5.60 Å². The maximum Gasteiger partial charge on any atom is 0.306 e. The molecule has 1 aromatic rings. The normalized spacial score (nSPS) is 20.8. The number of aliphatic imine (C=N–C) groups is 1. The molecule has 0 bridgehead atoms. The fraction of sp³-hybridized carbons (Fsp3) is 0.632. The van der Waals surface area contributed by atoms with E-state index in [1.807, 2.05) is 25.8 Å². The lowest BCUT2D eigenvalue weighted by Gasteiger charge is -2.48. The Morgan fingerprint density at radius 3 is 2.54 bits per heavy atom. The van der Waals surface area contributed by atoms with Crippen LogP contribution in [0.3, 0.4) is 0 Å². The van der Waals surface area contributed by atoms with Crippen molar-refractivity contribution in [3.63, 3.8) is 0 Å². The quantitative estimate of drug-likeness (QED) is 0.409. The number of aliphatic hydroxyl groups is 1. The van der Waals surface area contributed by atoms with Crippen molar-refractivity contribution in [1.29, 1.82) is 0 Å². The van der Waals surface area contributed by atoms with Gasteiger partial charge in [-0.1, -0.05) is 6.92 Å². The lowest BCUT2D eigenvalue weighted by Crippen LogP contribution is -2.54. The van der Waals surface area contributed by atoms with Gasteiger partial charge in [-0.3, -0.25) is 0 Å².